The number of nitrogens with zero attached hydrogens (tertiary/aromatic N) is 1. The van der Waals surface area contributed by atoms with E-state index in [9.17, 15) is 14.7 Å². The first-order valence-electron chi connectivity index (χ1n) is 3.61. The van der Waals surface area contributed by atoms with Crippen molar-refractivity contribution in [3.8, 4) is 0 Å². The molecular formula is C7H10NO4. The zero-order valence-electron chi connectivity index (χ0n) is 6.43. The van der Waals surface area contributed by atoms with Crippen LogP contribution in [0.5, 0.6) is 0 Å². The summed E-state index contributed by atoms with van der Waals surface area (Å²) in [5, 5.41) is 17.9. The van der Waals surface area contributed by atoms with Crippen molar-refractivity contribution in [2.45, 2.75) is 18.9 Å². The highest BCUT2D eigenvalue weighted by Crippen LogP contribution is 2.21. The van der Waals surface area contributed by atoms with Gasteiger partial charge in [-0.2, -0.15) is 5.06 Å². The Labute approximate surface area is 69.5 Å². The molecule has 5 nitrogen and oxygen atoms in total. The zero-order valence-corrected chi connectivity index (χ0v) is 6.43. The molecule has 12 heavy (non-hydrogen) atoms. The fraction of sp³-hybridized carbons (Fsp3) is 0.571. The average molecular weight is 172 g/mol. The van der Waals surface area contributed by atoms with Crippen LogP contribution in [0.1, 0.15) is 12.8 Å². The van der Waals surface area contributed by atoms with Crippen molar-refractivity contribution in [2.75, 3.05) is 0 Å². The van der Waals surface area contributed by atoms with Gasteiger partial charge in [0.15, 0.2) is 0 Å². The molecule has 2 N–H and O–H groups in total. The molecule has 1 fully saturated rings. The maximum atomic E-state index is 10.9. The third kappa shape index (κ3) is 1.33. The average Bonchev–Trinajstić information content (AvgIpc) is 2.08. The Bertz CT molecular complexity index is 215. The van der Waals surface area contributed by atoms with E-state index in [2.05, 4.69) is 6.92 Å². The first kappa shape index (κ1) is 9.15. The molecule has 0 saturated carbocycles. The van der Waals surface area contributed by atoms with E-state index in [1.807, 2.05) is 0 Å². The highest BCUT2D eigenvalue weighted by atomic mass is 16.5. The number of imide groups is 1. The zero-order chi connectivity index (χ0) is 9.30. The van der Waals surface area contributed by atoms with Crippen LogP contribution >= 0.6 is 0 Å². The van der Waals surface area contributed by atoms with E-state index in [0.29, 0.717) is 6.42 Å². The van der Waals surface area contributed by atoms with Crippen LogP contribution in [0, 0.1) is 12.8 Å². The molecule has 2 unspecified atom stereocenters. The van der Waals surface area contributed by atoms with Crippen LogP contribution in [0.15, 0.2) is 0 Å². The molecule has 0 bridgehead atoms. The van der Waals surface area contributed by atoms with Crippen LogP contribution in [0.25, 0.3) is 0 Å². The SMILES string of the molecule is [CH2]CC1CC(=O)N(O)C(=O)C1O. The van der Waals surface area contributed by atoms with Crippen molar-refractivity contribution in [2.24, 2.45) is 5.92 Å². The summed E-state index contributed by atoms with van der Waals surface area (Å²) in [4.78, 5) is 21.7. The highest BCUT2D eigenvalue weighted by molar-refractivity contribution is 5.98. The number of amides is 2. The molecule has 0 aromatic rings. The second-order valence-electron chi connectivity index (χ2n) is 2.74. The van der Waals surface area contributed by atoms with Crippen LogP contribution in [-0.4, -0.2) is 33.3 Å². The minimum atomic E-state index is -1.30. The Balaban J connectivity index is 2.77. The molecule has 5 heteroatoms. The normalized spacial score (nSPS) is 31.1. The minimum absolute atomic E-state index is 0.0309. The van der Waals surface area contributed by atoms with Gasteiger partial charge in [0.1, 0.15) is 6.10 Å². The van der Waals surface area contributed by atoms with Gasteiger partial charge in [0, 0.05) is 12.3 Å². The van der Waals surface area contributed by atoms with Crippen LogP contribution < -0.4 is 0 Å². The van der Waals surface area contributed by atoms with Gasteiger partial charge in [0.25, 0.3) is 11.8 Å². The Hall–Kier alpha value is -0.940. The van der Waals surface area contributed by atoms with E-state index < -0.39 is 23.8 Å². The van der Waals surface area contributed by atoms with Crippen molar-refractivity contribution in [1.82, 2.24) is 5.06 Å². The fourth-order valence-corrected chi connectivity index (χ4v) is 1.13. The number of hydrogen-bond donors (Lipinski definition) is 2. The topological polar surface area (TPSA) is 77.8 Å². The summed E-state index contributed by atoms with van der Waals surface area (Å²) in [6, 6.07) is 0. The molecule has 1 saturated heterocycles. The van der Waals surface area contributed by atoms with Gasteiger partial charge in [0.05, 0.1) is 0 Å². The summed E-state index contributed by atoms with van der Waals surface area (Å²) in [5.41, 5.74) is 0. The number of carbonyl (C=O) groups is 2. The van der Waals surface area contributed by atoms with E-state index in [4.69, 9.17) is 5.21 Å². The van der Waals surface area contributed by atoms with Crippen LogP contribution in [0.3, 0.4) is 0 Å². The molecule has 1 heterocycles. The van der Waals surface area contributed by atoms with Crippen LogP contribution in [-0.2, 0) is 9.59 Å². The summed E-state index contributed by atoms with van der Waals surface area (Å²) < 4.78 is 0. The number of aliphatic hydroxyl groups excluding tert-OH is 1. The van der Waals surface area contributed by atoms with Crippen molar-refractivity contribution < 1.29 is 19.9 Å². The van der Waals surface area contributed by atoms with Gasteiger partial charge < -0.3 is 5.11 Å². The number of piperidine rings is 1. The third-order valence-corrected chi connectivity index (χ3v) is 1.95. The van der Waals surface area contributed by atoms with E-state index >= 15 is 0 Å². The van der Waals surface area contributed by atoms with Crippen molar-refractivity contribution >= 4 is 11.8 Å². The van der Waals surface area contributed by atoms with E-state index in [1.54, 1.807) is 0 Å². The maximum absolute atomic E-state index is 10.9. The van der Waals surface area contributed by atoms with Crippen LogP contribution in [0.2, 0.25) is 0 Å². The van der Waals surface area contributed by atoms with E-state index in [-0.39, 0.29) is 11.5 Å². The predicted octanol–water partition coefficient (Wildman–Crippen LogP) is -0.664. The summed E-state index contributed by atoms with van der Waals surface area (Å²) in [6.07, 6.45) is -1.04. The molecule has 2 atom stereocenters. The number of aliphatic hydroxyl groups is 1. The largest absolute Gasteiger partial charge is 0.383 e. The molecule has 0 spiro atoms. The summed E-state index contributed by atoms with van der Waals surface area (Å²) in [5.74, 6) is -2.10. The molecule has 1 radical (unpaired) electrons. The van der Waals surface area contributed by atoms with Gasteiger partial charge in [-0.1, -0.05) is 6.92 Å². The number of hydroxylamine groups is 2. The molecule has 1 aliphatic rings. The highest BCUT2D eigenvalue weighted by Gasteiger charge is 2.38. The van der Waals surface area contributed by atoms with Gasteiger partial charge >= 0.3 is 0 Å². The van der Waals surface area contributed by atoms with Crippen molar-refractivity contribution in [3.63, 3.8) is 0 Å². The van der Waals surface area contributed by atoms with E-state index in [0.717, 1.165) is 0 Å². The van der Waals surface area contributed by atoms with Gasteiger partial charge in [-0.3, -0.25) is 14.8 Å². The monoisotopic (exact) mass is 172 g/mol. The van der Waals surface area contributed by atoms with E-state index in [1.165, 1.54) is 0 Å². The lowest BCUT2D eigenvalue weighted by atomic mass is 9.91. The molecule has 0 aliphatic carbocycles. The molecule has 0 aromatic carbocycles. The fourth-order valence-electron chi connectivity index (χ4n) is 1.13. The molecule has 0 aromatic heterocycles. The van der Waals surface area contributed by atoms with Crippen molar-refractivity contribution in [3.05, 3.63) is 6.92 Å². The molecule has 2 amide bonds. The Morgan fingerprint density at radius 3 is 2.67 bits per heavy atom. The molecule has 1 rings (SSSR count). The quantitative estimate of drug-likeness (QED) is 0.406. The first-order chi connectivity index (χ1) is 5.57. The number of carbonyl (C=O) groups excluding carboxylic acids is 2. The summed E-state index contributed by atoms with van der Waals surface area (Å²) in [6.45, 7) is 3.49. The lowest BCUT2D eigenvalue weighted by molar-refractivity contribution is -0.195. The molecule has 67 valence electrons. The minimum Gasteiger partial charge on any atom is -0.383 e. The third-order valence-electron chi connectivity index (χ3n) is 1.95. The maximum Gasteiger partial charge on any atom is 0.282 e. The Morgan fingerprint density at radius 2 is 2.17 bits per heavy atom. The van der Waals surface area contributed by atoms with Crippen LogP contribution in [0.4, 0.5) is 0 Å². The lowest BCUT2D eigenvalue weighted by Crippen LogP contribution is -2.50. The summed E-state index contributed by atoms with van der Waals surface area (Å²) in [7, 11) is 0. The van der Waals surface area contributed by atoms with Gasteiger partial charge in [-0.15, -0.1) is 0 Å². The molecule has 1 aliphatic heterocycles. The second kappa shape index (κ2) is 3.20. The Kier molecular flexibility index (Phi) is 2.44. The van der Waals surface area contributed by atoms with Gasteiger partial charge in [0.2, 0.25) is 0 Å². The number of rotatable bonds is 1. The first-order valence-corrected chi connectivity index (χ1v) is 3.61. The second-order valence-corrected chi connectivity index (χ2v) is 2.74. The lowest BCUT2D eigenvalue weighted by Gasteiger charge is -2.28. The smallest absolute Gasteiger partial charge is 0.282 e. The summed E-state index contributed by atoms with van der Waals surface area (Å²) >= 11 is 0. The molecular weight excluding hydrogens is 162 g/mol. The predicted molar refractivity (Wildman–Crippen MR) is 37.7 cm³/mol. The number of hydrogen-bond acceptors (Lipinski definition) is 4. The Morgan fingerprint density at radius 1 is 1.58 bits per heavy atom. The van der Waals surface area contributed by atoms with Gasteiger partial charge in [-0.05, 0) is 6.42 Å². The standard InChI is InChI=1S/C7H10NO4/c1-2-4-3-5(9)8(12)7(11)6(4)10/h4,6,10,12H,1-3H2. The van der Waals surface area contributed by atoms with Gasteiger partial charge in [-0.25, -0.2) is 0 Å². The van der Waals surface area contributed by atoms with Crippen molar-refractivity contribution in [1.29, 1.82) is 0 Å².